The number of carbonyl (C=O) groups is 1. The van der Waals surface area contributed by atoms with Gasteiger partial charge in [0.15, 0.2) is 5.09 Å². The van der Waals surface area contributed by atoms with Gasteiger partial charge in [-0.05, 0) is 48.5 Å². The summed E-state index contributed by atoms with van der Waals surface area (Å²) >= 11 is 7.33. The van der Waals surface area contributed by atoms with E-state index < -0.39 is 0 Å². The van der Waals surface area contributed by atoms with Gasteiger partial charge in [0.2, 0.25) is 0 Å². The van der Waals surface area contributed by atoms with Crippen LogP contribution in [0.25, 0.3) is 0 Å². The van der Waals surface area contributed by atoms with E-state index in [0.717, 1.165) is 9.99 Å². The Labute approximate surface area is 147 Å². The summed E-state index contributed by atoms with van der Waals surface area (Å²) in [5.41, 5.74) is 2.92. The standard InChI is InChI=1S/C17H12ClN3O2S/c18-13-1-4-15(5-2-13)24-16-6-3-14(23-16)11-20-21-17(22)12-7-9-19-10-8-12/h1-11H,(H,21,22)/b20-11-. The van der Waals surface area contributed by atoms with Crippen LogP contribution in [0.15, 0.2) is 80.4 Å². The maximum Gasteiger partial charge on any atom is 0.271 e. The number of nitrogens with one attached hydrogen (secondary N) is 1. The lowest BCUT2D eigenvalue weighted by atomic mass is 10.3. The Kier molecular flexibility index (Phi) is 5.30. The number of halogens is 1. The minimum Gasteiger partial charge on any atom is -0.448 e. The van der Waals surface area contributed by atoms with Crippen LogP contribution in [-0.4, -0.2) is 17.1 Å². The highest BCUT2D eigenvalue weighted by molar-refractivity contribution is 7.99. The zero-order chi connectivity index (χ0) is 16.8. The molecule has 0 atom stereocenters. The number of benzene rings is 1. The Morgan fingerprint density at radius 1 is 1.12 bits per heavy atom. The summed E-state index contributed by atoms with van der Waals surface area (Å²) in [5, 5.41) is 5.30. The zero-order valence-corrected chi connectivity index (χ0v) is 13.9. The fourth-order valence-corrected chi connectivity index (χ4v) is 2.70. The van der Waals surface area contributed by atoms with E-state index in [1.807, 2.05) is 30.3 Å². The van der Waals surface area contributed by atoms with Crippen LogP contribution in [0.1, 0.15) is 16.1 Å². The number of hydrogen-bond donors (Lipinski definition) is 1. The highest BCUT2D eigenvalue weighted by atomic mass is 35.5. The molecule has 0 aliphatic carbocycles. The molecule has 0 saturated heterocycles. The lowest BCUT2D eigenvalue weighted by molar-refractivity contribution is 0.0955. The Morgan fingerprint density at radius 3 is 2.62 bits per heavy atom. The normalized spacial score (nSPS) is 10.9. The molecule has 0 aliphatic rings. The molecule has 2 heterocycles. The second-order valence-corrected chi connectivity index (χ2v) is 6.16. The average Bonchev–Trinajstić information content (AvgIpc) is 3.05. The number of rotatable bonds is 5. The van der Waals surface area contributed by atoms with Gasteiger partial charge in [0.05, 0.1) is 6.21 Å². The molecule has 1 aromatic carbocycles. The Balaban J connectivity index is 1.57. The molecule has 1 N–H and O–H groups in total. The van der Waals surface area contributed by atoms with E-state index in [2.05, 4.69) is 15.5 Å². The van der Waals surface area contributed by atoms with Crippen molar-refractivity contribution in [3.63, 3.8) is 0 Å². The molecule has 0 saturated carbocycles. The van der Waals surface area contributed by atoms with Gasteiger partial charge >= 0.3 is 0 Å². The summed E-state index contributed by atoms with van der Waals surface area (Å²) in [7, 11) is 0. The van der Waals surface area contributed by atoms with E-state index in [-0.39, 0.29) is 5.91 Å². The number of amides is 1. The quantitative estimate of drug-likeness (QED) is 0.547. The smallest absolute Gasteiger partial charge is 0.271 e. The molecule has 0 spiro atoms. The first kappa shape index (κ1) is 16.3. The summed E-state index contributed by atoms with van der Waals surface area (Å²) in [6, 6.07) is 14.3. The van der Waals surface area contributed by atoms with E-state index in [0.29, 0.717) is 16.3 Å². The SMILES string of the molecule is O=C(N/N=C\c1ccc(Sc2ccc(Cl)cc2)o1)c1ccncc1. The van der Waals surface area contributed by atoms with Gasteiger partial charge in [0.1, 0.15) is 5.76 Å². The second-order valence-electron chi connectivity index (χ2n) is 4.65. The molecule has 0 bridgehead atoms. The van der Waals surface area contributed by atoms with Gasteiger partial charge in [0, 0.05) is 27.9 Å². The maximum absolute atomic E-state index is 11.8. The van der Waals surface area contributed by atoms with Gasteiger partial charge in [0.25, 0.3) is 5.91 Å². The summed E-state index contributed by atoms with van der Waals surface area (Å²) < 4.78 is 5.62. The van der Waals surface area contributed by atoms with Crippen LogP contribution in [0.4, 0.5) is 0 Å². The molecular formula is C17H12ClN3O2S. The first-order chi connectivity index (χ1) is 11.7. The van der Waals surface area contributed by atoms with Crippen molar-refractivity contribution in [1.29, 1.82) is 0 Å². The fraction of sp³-hybridized carbons (Fsp3) is 0. The number of hydrazone groups is 1. The van der Waals surface area contributed by atoms with Crippen LogP contribution >= 0.6 is 23.4 Å². The molecule has 5 nitrogen and oxygen atoms in total. The average molecular weight is 358 g/mol. The van der Waals surface area contributed by atoms with Gasteiger partial charge < -0.3 is 4.42 Å². The summed E-state index contributed by atoms with van der Waals surface area (Å²) in [4.78, 5) is 16.7. The van der Waals surface area contributed by atoms with E-state index >= 15 is 0 Å². The Hall–Kier alpha value is -2.57. The van der Waals surface area contributed by atoms with Crippen LogP contribution in [0.3, 0.4) is 0 Å². The molecule has 0 fully saturated rings. The Bertz CT molecular complexity index is 848. The third-order valence-electron chi connectivity index (χ3n) is 2.93. The van der Waals surface area contributed by atoms with Crippen LogP contribution in [0, 0.1) is 0 Å². The van der Waals surface area contributed by atoms with Crippen molar-refractivity contribution in [2.45, 2.75) is 9.99 Å². The van der Waals surface area contributed by atoms with Crippen molar-refractivity contribution in [1.82, 2.24) is 10.4 Å². The number of aromatic nitrogens is 1. The minimum atomic E-state index is -0.309. The highest BCUT2D eigenvalue weighted by Gasteiger charge is 2.04. The van der Waals surface area contributed by atoms with Crippen molar-refractivity contribution >= 4 is 35.5 Å². The number of nitrogens with zero attached hydrogens (tertiary/aromatic N) is 2. The highest BCUT2D eigenvalue weighted by Crippen LogP contribution is 2.29. The summed E-state index contributed by atoms with van der Waals surface area (Å²) in [6.45, 7) is 0. The van der Waals surface area contributed by atoms with Crippen molar-refractivity contribution in [3.05, 3.63) is 77.3 Å². The molecule has 24 heavy (non-hydrogen) atoms. The monoisotopic (exact) mass is 357 g/mol. The van der Waals surface area contributed by atoms with Crippen LogP contribution in [0.2, 0.25) is 5.02 Å². The molecule has 0 aliphatic heterocycles. The predicted molar refractivity (Wildman–Crippen MR) is 93.6 cm³/mol. The second kappa shape index (κ2) is 7.81. The van der Waals surface area contributed by atoms with E-state index in [9.17, 15) is 4.79 Å². The summed E-state index contributed by atoms with van der Waals surface area (Å²) in [5.74, 6) is 0.234. The number of carbonyl (C=O) groups excluding carboxylic acids is 1. The third-order valence-corrected chi connectivity index (χ3v) is 4.12. The Morgan fingerprint density at radius 2 is 1.88 bits per heavy atom. The molecule has 120 valence electrons. The van der Waals surface area contributed by atoms with E-state index in [1.54, 1.807) is 30.6 Å². The molecule has 0 unspecified atom stereocenters. The van der Waals surface area contributed by atoms with E-state index in [4.69, 9.17) is 16.0 Å². The summed E-state index contributed by atoms with van der Waals surface area (Å²) in [6.07, 6.45) is 4.54. The van der Waals surface area contributed by atoms with Gasteiger partial charge in [-0.3, -0.25) is 9.78 Å². The third kappa shape index (κ3) is 4.47. The molecule has 3 aromatic rings. The van der Waals surface area contributed by atoms with Crippen LogP contribution < -0.4 is 5.43 Å². The van der Waals surface area contributed by atoms with Gasteiger partial charge in [-0.25, -0.2) is 5.43 Å². The molecule has 2 aromatic heterocycles. The van der Waals surface area contributed by atoms with Gasteiger partial charge in [-0.15, -0.1) is 0 Å². The predicted octanol–water partition coefficient (Wildman–Crippen LogP) is 4.24. The maximum atomic E-state index is 11.8. The zero-order valence-electron chi connectivity index (χ0n) is 12.3. The van der Waals surface area contributed by atoms with Gasteiger partial charge in [-0.1, -0.05) is 23.4 Å². The topological polar surface area (TPSA) is 67.5 Å². The molecule has 1 amide bonds. The first-order valence-corrected chi connectivity index (χ1v) is 8.17. The number of hydrogen-bond acceptors (Lipinski definition) is 5. The van der Waals surface area contributed by atoms with E-state index in [1.165, 1.54) is 18.0 Å². The van der Waals surface area contributed by atoms with Crippen molar-refractivity contribution < 1.29 is 9.21 Å². The number of furan rings is 1. The molecule has 7 heteroatoms. The molecule has 0 radical (unpaired) electrons. The lowest BCUT2D eigenvalue weighted by Gasteiger charge is -1.98. The lowest BCUT2D eigenvalue weighted by Crippen LogP contribution is -2.17. The van der Waals surface area contributed by atoms with Crippen LogP contribution in [-0.2, 0) is 0 Å². The van der Waals surface area contributed by atoms with Crippen LogP contribution in [0.5, 0.6) is 0 Å². The first-order valence-electron chi connectivity index (χ1n) is 6.97. The van der Waals surface area contributed by atoms with Crippen molar-refractivity contribution in [2.75, 3.05) is 0 Å². The molecular weight excluding hydrogens is 346 g/mol. The van der Waals surface area contributed by atoms with Gasteiger partial charge in [-0.2, -0.15) is 5.10 Å². The minimum absolute atomic E-state index is 0.309. The van der Waals surface area contributed by atoms with Crippen molar-refractivity contribution in [2.24, 2.45) is 5.10 Å². The van der Waals surface area contributed by atoms with Crippen molar-refractivity contribution in [3.8, 4) is 0 Å². The largest absolute Gasteiger partial charge is 0.448 e. The number of pyridine rings is 1. The molecule has 3 rings (SSSR count). The fourth-order valence-electron chi connectivity index (χ4n) is 1.80.